The Hall–Kier alpha value is -0.970. The minimum atomic E-state index is -0.190. The smallest absolute Gasteiger partial charge is 0.123 e. The molecule has 0 aromatic heterocycles. The second-order valence-electron chi connectivity index (χ2n) is 4.45. The summed E-state index contributed by atoms with van der Waals surface area (Å²) in [5.41, 5.74) is 0.979. The van der Waals surface area contributed by atoms with E-state index in [4.69, 9.17) is 4.74 Å². The summed E-state index contributed by atoms with van der Waals surface area (Å²) >= 11 is 0. The number of nitrogens with one attached hydrogen (secondary N) is 1. The Bertz CT molecular complexity index is 370. The summed E-state index contributed by atoms with van der Waals surface area (Å²) < 4.78 is 19.1. The van der Waals surface area contributed by atoms with E-state index in [9.17, 15) is 4.39 Å². The van der Waals surface area contributed by atoms with Crippen LogP contribution in [0.15, 0.2) is 24.3 Å². The molecule has 0 bridgehead atoms. The number of rotatable bonds is 3. The zero-order valence-electron chi connectivity index (χ0n) is 10.3. The molecule has 0 radical (unpaired) electrons. The van der Waals surface area contributed by atoms with Gasteiger partial charge in [0.25, 0.3) is 0 Å². The summed E-state index contributed by atoms with van der Waals surface area (Å²) in [6.07, 6.45) is 0.0700. The average Bonchev–Trinajstić information content (AvgIpc) is 2.29. The van der Waals surface area contributed by atoms with E-state index < -0.39 is 0 Å². The number of likely N-dealkylation sites (N-methyl/N-ethyl adjacent to an activating group) is 2. The Morgan fingerprint density at radius 2 is 2.35 bits per heavy atom. The Morgan fingerprint density at radius 1 is 1.53 bits per heavy atom. The molecular formula is C13H19FN2O. The third kappa shape index (κ3) is 2.83. The molecule has 94 valence electrons. The van der Waals surface area contributed by atoms with Crippen LogP contribution >= 0.6 is 0 Å². The first-order valence-electron chi connectivity index (χ1n) is 5.94. The number of halogens is 1. The zero-order valence-corrected chi connectivity index (χ0v) is 10.3. The summed E-state index contributed by atoms with van der Waals surface area (Å²) in [5, 5.41) is 3.13. The lowest BCUT2D eigenvalue weighted by Crippen LogP contribution is -2.47. The maximum Gasteiger partial charge on any atom is 0.123 e. The fraction of sp³-hybridized carbons (Fsp3) is 0.538. The molecular weight excluding hydrogens is 219 g/mol. The van der Waals surface area contributed by atoms with E-state index in [0.717, 1.165) is 25.3 Å². The molecule has 0 saturated carbocycles. The second-order valence-corrected chi connectivity index (χ2v) is 4.45. The van der Waals surface area contributed by atoms with Gasteiger partial charge in [-0.05, 0) is 31.8 Å². The van der Waals surface area contributed by atoms with Crippen LogP contribution in [0.4, 0.5) is 4.39 Å². The Kier molecular flexibility index (Phi) is 4.10. The van der Waals surface area contributed by atoms with Crippen molar-refractivity contribution in [3.05, 3.63) is 35.6 Å². The second kappa shape index (κ2) is 5.58. The first kappa shape index (κ1) is 12.5. The van der Waals surface area contributed by atoms with Crippen molar-refractivity contribution in [2.75, 3.05) is 33.8 Å². The molecule has 17 heavy (non-hydrogen) atoms. The van der Waals surface area contributed by atoms with Gasteiger partial charge in [-0.1, -0.05) is 12.1 Å². The van der Waals surface area contributed by atoms with E-state index in [0.29, 0.717) is 0 Å². The third-order valence-corrected chi connectivity index (χ3v) is 3.20. The normalized spacial score (nSPS) is 26.1. The maximum atomic E-state index is 13.3. The number of nitrogens with zero attached hydrogens (tertiary/aromatic N) is 1. The lowest BCUT2D eigenvalue weighted by Gasteiger charge is -2.39. The van der Waals surface area contributed by atoms with Gasteiger partial charge in [0.05, 0.1) is 18.8 Å². The van der Waals surface area contributed by atoms with Crippen molar-refractivity contribution in [2.24, 2.45) is 0 Å². The molecule has 1 aliphatic heterocycles. The molecule has 2 unspecified atom stereocenters. The molecule has 1 aromatic rings. The van der Waals surface area contributed by atoms with E-state index in [1.165, 1.54) is 6.07 Å². The van der Waals surface area contributed by atoms with Crippen molar-refractivity contribution in [1.82, 2.24) is 10.2 Å². The molecule has 4 heteroatoms. The summed E-state index contributed by atoms with van der Waals surface area (Å²) in [4.78, 5) is 2.22. The van der Waals surface area contributed by atoms with Crippen LogP contribution in [0, 0.1) is 5.82 Å². The predicted molar refractivity (Wildman–Crippen MR) is 65.4 cm³/mol. The van der Waals surface area contributed by atoms with E-state index in [1.54, 1.807) is 12.1 Å². The number of benzene rings is 1. The molecule has 2 atom stereocenters. The van der Waals surface area contributed by atoms with E-state index in [-0.39, 0.29) is 18.0 Å². The monoisotopic (exact) mass is 238 g/mol. The van der Waals surface area contributed by atoms with Crippen molar-refractivity contribution >= 4 is 0 Å². The molecule has 1 aromatic carbocycles. The molecule has 1 N–H and O–H groups in total. The van der Waals surface area contributed by atoms with Crippen LogP contribution in [0.2, 0.25) is 0 Å². The molecule has 0 spiro atoms. The summed E-state index contributed by atoms with van der Waals surface area (Å²) in [7, 11) is 3.96. The summed E-state index contributed by atoms with van der Waals surface area (Å²) in [5.74, 6) is -0.190. The van der Waals surface area contributed by atoms with Gasteiger partial charge in [0.15, 0.2) is 0 Å². The molecule has 1 aliphatic rings. The Morgan fingerprint density at radius 3 is 3.06 bits per heavy atom. The largest absolute Gasteiger partial charge is 0.374 e. The Labute approximate surface area is 102 Å². The van der Waals surface area contributed by atoms with E-state index >= 15 is 0 Å². The van der Waals surface area contributed by atoms with Crippen molar-refractivity contribution in [2.45, 2.75) is 12.1 Å². The molecule has 2 rings (SSSR count). The van der Waals surface area contributed by atoms with Gasteiger partial charge in [-0.2, -0.15) is 0 Å². The zero-order chi connectivity index (χ0) is 12.3. The fourth-order valence-electron chi connectivity index (χ4n) is 2.39. The summed E-state index contributed by atoms with van der Waals surface area (Å²) in [6.45, 7) is 2.38. The number of hydrogen-bond acceptors (Lipinski definition) is 3. The van der Waals surface area contributed by atoms with E-state index in [2.05, 4.69) is 17.3 Å². The van der Waals surface area contributed by atoms with Gasteiger partial charge in [-0.25, -0.2) is 4.39 Å². The van der Waals surface area contributed by atoms with Crippen LogP contribution in [0.1, 0.15) is 11.6 Å². The van der Waals surface area contributed by atoms with Crippen LogP contribution in [0.25, 0.3) is 0 Å². The van der Waals surface area contributed by atoms with Crippen LogP contribution in [0.3, 0.4) is 0 Å². The molecule has 0 amide bonds. The van der Waals surface area contributed by atoms with Gasteiger partial charge in [-0.15, -0.1) is 0 Å². The first-order chi connectivity index (χ1) is 8.22. The third-order valence-electron chi connectivity index (χ3n) is 3.20. The van der Waals surface area contributed by atoms with E-state index in [1.807, 2.05) is 13.1 Å². The Balaban J connectivity index is 2.24. The summed E-state index contributed by atoms with van der Waals surface area (Å²) in [6, 6.07) is 6.90. The number of ether oxygens (including phenoxy) is 1. The highest BCUT2D eigenvalue weighted by atomic mass is 19.1. The number of morpholine rings is 1. The highest BCUT2D eigenvalue weighted by molar-refractivity contribution is 5.22. The van der Waals surface area contributed by atoms with Crippen molar-refractivity contribution < 1.29 is 9.13 Å². The SMILES string of the molecule is CNCC1OCCN(C)C1c1cccc(F)c1. The van der Waals surface area contributed by atoms with Crippen molar-refractivity contribution in [3.8, 4) is 0 Å². The topological polar surface area (TPSA) is 24.5 Å². The lowest BCUT2D eigenvalue weighted by atomic mass is 9.98. The number of hydrogen-bond donors (Lipinski definition) is 1. The standard InChI is InChI=1S/C13H19FN2O/c1-15-9-12-13(16(2)6-7-17-12)10-4-3-5-11(14)8-10/h3-5,8,12-13,15H,6-7,9H2,1-2H3. The lowest BCUT2D eigenvalue weighted by molar-refractivity contribution is -0.0607. The van der Waals surface area contributed by atoms with Gasteiger partial charge in [0, 0.05) is 13.1 Å². The fourth-order valence-corrected chi connectivity index (χ4v) is 2.39. The molecule has 3 nitrogen and oxygen atoms in total. The molecule has 1 heterocycles. The highest BCUT2D eigenvalue weighted by Gasteiger charge is 2.30. The van der Waals surface area contributed by atoms with Gasteiger partial charge >= 0.3 is 0 Å². The van der Waals surface area contributed by atoms with Gasteiger partial charge in [-0.3, -0.25) is 4.90 Å². The van der Waals surface area contributed by atoms with Crippen LogP contribution in [0.5, 0.6) is 0 Å². The predicted octanol–water partition coefficient (Wildman–Crippen LogP) is 1.42. The minimum absolute atomic E-state index is 0.0700. The molecule has 1 fully saturated rings. The van der Waals surface area contributed by atoms with Crippen molar-refractivity contribution in [3.63, 3.8) is 0 Å². The van der Waals surface area contributed by atoms with Gasteiger partial charge < -0.3 is 10.1 Å². The molecule has 1 saturated heterocycles. The van der Waals surface area contributed by atoms with Gasteiger partial charge in [0.2, 0.25) is 0 Å². The minimum Gasteiger partial charge on any atom is -0.374 e. The maximum absolute atomic E-state index is 13.3. The van der Waals surface area contributed by atoms with Gasteiger partial charge in [0.1, 0.15) is 5.82 Å². The van der Waals surface area contributed by atoms with Crippen LogP contribution in [-0.2, 0) is 4.74 Å². The molecule has 0 aliphatic carbocycles. The quantitative estimate of drug-likeness (QED) is 0.862. The first-order valence-corrected chi connectivity index (χ1v) is 5.94. The van der Waals surface area contributed by atoms with Crippen LogP contribution < -0.4 is 5.32 Å². The van der Waals surface area contributed by atoms with Crippen molar-refractivity contribution in [1.29, 1.82) is 0 Å². The van der Waals surface area contributed by atoms with Crippen LogP contribution in [-0.4, -0.2) is 44.8 Å². The highest BCUT2D eigenvalue weighted by Crippen LogP contribution is 2.28. The average molecular weight is 238 g/mol.